The molecule has 2 atom stereocenters. The van der Waals surface area contributed by atoms with Gasteiger partial charge in [0.1, 0.15) is 29.1 Å². The summed E-state index contributed by atoms with van der Waals surface area (Å²) >= 11 is 6.59. The van der Waals surface area contributed by atoms with Crippen molar-refractivity contribution in [1.82, 2.24) is 14.8 Å². The van der Waals surface area contributed by atoms with Gasteiger partial charge < -0.3 is 9.47 Å². The second-order valence-electron chi connectivity index (χ2n) is 7.67. The normalized spacial score (nSPS) is 13.8. The molecule has 0 aliphatic heterocycles. The smallest absolute Gasteiger partial charge is 0.149 e. The van der Waals surface area contributed by atoms with E-state index in [1.54, 1.807) is 0 Å². The molecule has 0 saturated carbocycles. The van der Waals surface area contributed by atoms with Crippen molar-refractivity contribution in [3.8, 4) is 11.5 Å². The summed E-state index contributed by atoms with van der Waals surface area (Å²) in [4.78, 5) is 9.16. The van der Waals surface area contributed by atoms with E-state index >= 15 is 0 Å². The molecule has 3 aromatic rings. The Balaban J connectivity index is 1.92. The predicted molar refractivity (Wildman–Crippen MR) is 130 cm³/mol. The largest absolute Gasteiger partial charge is 0.475 e. The van der Waals surface area contributed by atoms with Crippen molar-refractivity contribution in [2.45, 2.75) is 54.0 Å². The van der Waals surface area contributed by atoms with E-state index in [0.717, 1.165) is 59.4 Å². The van der Waals surface area contributed by atoms with Crippen LogP contribution in [0.15, 0.2) is 36.4 Å². The lowest BCUT2D eigenvalue weighted by Gasteiger charge is -2.27. The van der Waals surface area contributed by atoms with Gasteiger partial charge in [-0.15, -0.1) is 0 Å². The Labute approximate surface area is 190 Å². The quantitative estimate of drug-likeness (QED) is 0.212. The van der Waals surface area contributed by atoms with Crippen molar-refractivity contribution in [2.75, 3.05) is 26.2 Å². The molecular formula is C25H34ClN3O2. The topological polar surface area (TPSA) is 37.8 Å². The Kier molecular flexibility index (Phi) is 7.98. The van der Waals surface area contributed by atoms with Crippen molar-refractivity contribution in [1.29, 1.82) is 0 Å². The van der Waals surface area contributed by atoms with Crippen LogP contribution in [0.5, 0.6) is 11.5 Å². The molecule has 0 N–H and O–H groups in total. The Morgan fingerprint density at radius 3 is 1.74 bits per heavy atom. The van der Waals surface area contributed by atoms with Crippen LogP contribution in [-0.4, -0.2) is 53.4 Å². The lowest BCUT2D eigenvalue weighted by Crippen LogP contribution is -2.36. The molecule has 31 heavy (non-hydrogen) atoms. The van der Waals surface area contributed by atoms with Gasteiger partial charge in [0.2, 0.25) is 0 Å². The number of halogens is 1. The molecule has 3 rings (SSSR count). The summed E-state index contributed by atoms with van der Waals surface area (Å²) in [6.45, 7) is 16.4. The van der Waals surface area contributed by atoms with E-state index in [0.29, 0.717) is 5.15 Å². The minimum atomic E-state index is -0.00727. The molecule has 1 heterocycles. The molecule has 0 radical (unpaired) electrons. The van der Waals surface area contributed by atoms with Crippen LogP contribution in [0.1, 0.15) is 41.5 Å². The zero-order valence-corrected chi connectivity index (χ0v) is 20.2. The van der Waals surface area contributed by atoms with Gasteiger partial charge in [-0.05, 0) is 75.7 Å². The molecule has 0 amide bonds. The highest BCUT2D eigenvalue weighted by atomic mass is 35.5. The van der Waals surface area contributed by atoms with Gasteiger partial charge >= 0.3 is 0 Å². The van der Waals surface area contributed by atoms with Crippen LogP contribution < -0.4 is 9.47 Å². The fourth-order valence-electron chi connectivity index (χ4n) is 4.09. The van der Waals surface area contributed by atoms with Gasteiger partial charge in [0.05, 0.1) is 5.52 Å². The summed E-state index contributed by atoms with van der Waals surface area (Å²) in [5.41, 5.74) is 0.826. The maximum absolute atomic E-state index is 6.59. The van der Waals surface area contributed by atoms with Crippen LogP contribution in [0.4, 0.5) is 0 Å². The second-order valence-corrected chi connectivity index (χ2v) is 8.02. The van der Waals surface area contributed by atoms with Crippen molar-refractivity contribution < 1.29 is 9.47 Å². The maximum Gasteiger partial charge on any atom is 0.149 e. The van der Waals surface area contributed by atoms with Crippen LogP contribution in [0.2, 0.25) is 5.15 Å². The summed E-state index contributed by atoms with van der Waals surface area (Å²) in [7, 11) is 0. The Bertz CT molecular complexity index is 1020. The van der Waals surface area contributed by atoms with E-state index in [1.165, 1.54) is 0 Å². The SMILES string of the molecule is CCN(CC)C(C)Oc1ccc2c(c1)nc(Cl)c1cc(OC(C)N(CC)CC)ccc12. The summed E-state index contributed by atoms with van der Waals surface area (Å²) in [6, 6.07) is 12.1. The summed E-state index contributed by atoms with van der Waals surface area (Å²) in [6.07, 6.45) is -0.0111. The number of benzene rings is 2. The van der Waals surface area contributed by atoms with Gasteiger partial charge in [0.25, 0.3) is 0 Å². The Hall–Kier alpha value is -2.08. The molecular weight excluding hydrogens is 410 g/mol. The molecule has 0 saturated heterocycles. The zero-order chi connectivity index (χ0) is 22.5. The predicted octanol–water partition coefficient (Wildman–Crippen LogP) is 6.17. The molecule has 6 heteroatoms. The minimum absolute atomic E-state index is 0.00381. The van der Waals surface area contributed by atoms with Gasteiger partial charge in [0, 0.05) is 16.8 Å². The lowest BCUT2D eigenvalue weighted by atomic mass is 10.1. The first-order valence-electron chi connectivity index (χ1n) is 11.3. The number of hydrogen-bond donors (Lipinski definition) is 0. The van der Waals surface area contributed by atoms with Gasteiger partial charge in [-0.3, -0.25) is 9.80 Å². The standard InChI is InChI=1S/C25H34ClN3O2/c1-7-28(8-2)17(5)30-19-11-13-21-22-14-12-20(31-18(6)29(9-3)10-4)16-24(22)27-25(26)23(21)15-19/h11-18H,7-10H2,1-6H3. The van der Waals surface area contributed by atoms with E-state index in [4.69, 9.17) is 21.1 Å². The Morgan fingerprint density at radius 1 is 0.742 bits per heavy atom. The first-order valence-corrected chi connectivity index (χ1v) is 11.6. The van der Waals surface area contributed by atoms with E-state index in [1.807, 2.05) is 24.3 Å². The lowest BCUT2D eigenvalue weighted by molar-refractivity contribution is 0.0480. The molecule has 0 fully saturated rings. The van der Waals surface area contributed by atoms with Crippen molar-refractivity contribution in [2.24, 2.45) is 0 Å². The zero-order valence-electron chi connectivity index (χ0n) is 19.5. The molecule has 168 valence electrons. The number of nitrogens with zero attached hydrogens (tertiary/aromatic N) is 3. The third-order valence-electron chi connectivity index (χ3n) is 5.96. The highest BCUT2D eigenvalue weighted by molar-refractivity contribution is 6.35. The van der Waals surface area contributed by atoms with Gasteiger partial charge in [-0.25, -0.2) is 4.98 Å². The molecule has 0 aliphatic rings. The van der Waals surface area contributed by atoms with E-state index in [2.05, 4.69) is 68.5 Å². The first kappa shape index (κ1) is 23.6. The molecule has 0 spiro atoms. The molecule has 2 aromatic carbocycles. The van der Waals surface area contributed by atoms with Crippen molar-refractivity contribution in [3.05, 3.63) is 41.6 Å². The van der Waals surface area contributed by atoms with E-state index < -0.39 is 0 Å². The highest BCUT2D eigenvalue weighted by Crippen LogP contribution is 2.34. The van der Waals surface area contributed by atoms with Crippen LogP contribution in [-0.2, 0) is 0 Å². The number of ether oxygens (including phenoxy) is 2. The van der Waals surface area contributed by atoms with Gasteiger partial charge in [-0.1, -0.05) is 39.3 Å². The minimum Gasteiger partial charge on any atom is -0.475 e. The first-order chi connectivity index (χ1) is 14.9. The van der Waals surface area contributed by atoms with Gasteiger partial charge in [-0.2, -0.15) is 0 Å². The number of hydrogen-bond acceptors (Lipinski definition) is 5. The second kappa shape index (κ2) is 10.5. The van der Waals surface area contributed by atoms with E-state index in [-0.39, 0.29) is 12.5 Å². The molecule has 0 aliphatic carbocycles. The average Bonchev–Trinajstić information content (AvgIpc) is 2.75. The monoisotopic (exact) mass is 443 g/mol. The number of aromatic nitrogens is 1. The number of rotatable bonds is 10. The summed E-state index contributed by atoms with van der Waals surface area (Å²) in [5.74, 6) is 1.59. The molecule has 5 nitrogen and oxygen atoms in total. The van der Waals surface area contributed by atoms with Crippen LogP contribution in [0.3, 0.4) is 0 Å². The maximum atomic E-state index is 6.59. The van der Waals surface area contributed by atoms with Gasteiger partial charge in [0.15, 0.2) is 0 Å². The molecule has 2 unspecified atom stereocenters. The van der Waals surface area contributed by atoms with Crippen LogP contribution in [0.25, 0.3) is 21.7 Å². The summed E-state index contributed by atoms with van der Waals surface area (Å²) in [5, 5.41) is 3.47. The average molecular weight is 444 g/mol. The molecule has 0 bridgehead atoms. The third-order valence-corrected chi connectivity index (χ3v) is 6.25. The highest BCUT2D eigenvalue weighted by Gasteiger charge is 2.15. The van der Waals surface area contributed by atoms with Crippen LogP contribution in [0, 0.1) is 0 Å². The Morgan fingerprint density at radius 2 is 1.23 bits per heavy atom. The fourth-order valence-corrected chi connectivity index (χ4v) is 4.34. The molecule has 1 aromatic heterocycles. The van der Waals surface area contributed by atoms with Crippen molar-refractivity contribution >= 4 is 33.3 Å². The number of fused-ring (bicyclic) bond motifs is 3. The van der Waals surface area contributed by atoms with Crippen molar-refractivity contribution in [3.63, 3.8) is 0 Å². The number of pyridine rings is 1. The third kappa shape index (κ3) is 5.22. The summed E-state index contributed by atoms with van der Waals surface area (Å²) < 4.78 is 12.3. The van der Waals surface area contributed by atoms with Crippen LogP contribution >= 0.6 is 11.6 Å². The van der Waals surface area contributed by atoms with E-state index in [9.17, 15) is 0 Å². The fraction of sp³-hybridized carbons (Fsp3) is 0.480.